The lowest BCUT2D eigenvalue weighted by molar-refractivity contribution is -0.143. The Morgan fingerprint density at radius 3 is 2.67 bits per heavy atom. The lowest BCUT2D eigenvalue weighted by Gasteiger charge is -2.18. The predicted molar refractivity (Wildman–Crippen MR) is 84.6 cm³/mol. The zero-order chi connectivity index (χ0) is 16.2. The second-order valence-electron chi connectivity index (χ2n) is 4.19. The zero-order valence-electron chi connectivity index (χ0n) is 11.6. The van der Waals surface area contributed by atoms with Crippen LogP contribution in [0.1, 0.15) is 13.3 Å². The Morgan fingerprint density at radius 1 is 1.48 bits per heavy atom. The third kappa shape index (κ3) is 4.57. The minimum Gasteiger partial charge on any atom is -0.466 e. The molecular formula is C12H16BrClN2O4S. The van der Waals surface area contributed by atoms with Crippen molar-refractivity contribution in [2.75, 3.05) is 25.9 Å². The quantitative estimate of drug-likeness (QED) is 0.585. The zero-order valence-corrected chi connectivity index (χ0v) is 14.8. The van der Waals surface area contributed by atoms with E-state index in [4.69, 9.17) is 22.1 Å². The van der Waals surface area contributed by atoms with Gasteiger partial charge in [0, 0.05) is 24.3 Å². The van der Waals surface area contributed by atoms with E-state index in [0.29, 0.717) is 0 Å². The van der Waals surface area contributed by atoms with E-state index in [1.165, 1.54) is 19.2 Å². The highest BCUT2D eigenvalue weighted by atomic mass is 79.9. The number of nitrogens with zero attached hydrogens (tertiary/aromatic N) is 1. The number of carbonyl (C=O) groups excluding carboxylic acids is 1. The monoisotopic (exact) mass is 398 g/mol. The first kappa shape index (κ1) is 18.2. The van der Waals surface area contributed by atoms with E-state index >= 15 is 0 Å². The Bertz CT molecular complexity index is 636. The van der Waals surface area contributed by atoms with Crippen molar-refractivity contribution in [3.05, 3.63) is 21.6 Å². The maximum Gasteiger partial charge on any atom is 0.307 e. The van der Waals surface area contributed by atoms with Crippen molar-refractivity contribution in [2.45, 2.75) is 18.2 Å². The summed E-state index contributed by atoms with van der Waals surface area (Å²) in [6.45, 7) is 1.94. The van der Waals surface area contributed by atoms with Gasteiger partial charge in [-0.15, -0.1) is 0 Å². The van der Waals surface area contributed by atoms with E-state index in [1.807, 2.05) is 0 Å². The summed E-state index contributed by atoms with van der Waals surface area (Å²) in [7, 11) is -2.44. The number of halogens is 2. The summed E-state index contributed by atoms with van der Waals surface area (Å²) >= 11 is 8.99. The molecule has 0 radical (unpaired) electrons. The van der Waals surface area contributed by atoms with E-state index in [0.717, 1.165) is 4.31 Å². The highest BCUT2D eigenvalue weighted by Crippen LogP contribution is 2.32. The first-order valence-corrected chi connectivity index (χ1v) is 8.67. The summed E-state index contributed by atoms with van der Waals surface area (Å²) in [5.74, 6) is -0.454. The van der Waals surface area contributed by atoms with Crippen molar-refractivity contribution in [2.24, 2.45) is 0 Å². The second-order valence-corrected chi connectivity index (χ2v) is 7.43. The summed E-state index contributed by atoms with van der Waals surface area (Å²) in [5, 5.41) is 0.216. The third-order valence-electron chi connectivity index (χ3n) is 2.66. The molecule has 0 aliphatic rings. The van der Waals surface area contributed by atoms with Gasteiger partial charge in [-0.2, -0.15) is 0 Å². The van der Waals surface area contributed by atoms with Gasteiger partial charge in [0.15, 0.2) is 0 Å². The van der Waals surface area contributed by atoms with E-state index in [-0.39, 0.29) is 39.7 Å². The van der Waals surface area contributed by atoms with Gasteiger partial charge in [0.1, 0.15) is 0 Å². The van der Waals surface area contributed by atoms with Crippen LogP contribution in [0.15, 0.2) is 21.5 Å². The number of nitrogen functional groups attached to an aromatic ring is 1. The molecule has 0 aliphatic carbocycles. The van der Waals surface area contributed by atoms with Gasteiger partial charge in [-0.1, -0.05) is 11.6 Å². The molecule has 0 bridgehead atoms. The molecular weight excluding hydrogens is 384 g/mol. The highest BCUT2D eigenvalue weighted by molar-refractivity contribution is 9.10. The molecule has 21 heavy (non-hydrogen) atoms. The molecule has 0 unspecified atom stereocenters. The fourth-order valence-electron chi connectivity index (χ4n) is 1.54. The molecule has 0 spiro atoms. The van der Waals surface area contributed by atoms with Crippen LogP contribution in [-0.2, 0) is 19.6 Å². The number of rotatable bonds is 6. The smallest absolute Gasteiger partial charge is 0.307 e. The number of hydrogen-bond acceptors (Lipinski definition) is 5. The van der Waals surface area contributed by atoms with Gasteiger partial charge in [0.05, 0.1) is 22.4 Å². The summed E-state index contributed by atoms with van der Waals surface area (Å²) in [6, 6.07) is 2.75. The average molecular weight is 400 g/mol. The SMILES string of the molecule is CCOC(=O)CCN(C)S(=O)(=O)c1cc(Cl)cc(N)c1Br. The van der Waals surface area contributed by atoms with Gasteiger partial charge in [-0.25, -0.2) is 12.7 Å². The Kier molecular flexibility index (Phi) is 6.45. The normalized spacial score (nSPS) is 11.7. The lowest BCUT2D eigenvalue weighted by atomic mass is 10.3. The Balaban J connectivity index is 2.98. The van der Waals surface area contributed by atoms with Gasteiger partial charge >= 0.3 is 5.97 Å². The summed E-state index contributed by atoms with van der Waals surface area (Å²) in [4.78, 5) is 11.2. The van der Waals surface area contributed by atoms with Crippen molar-refractivity contribution in [1.29, 1.82) is 0 Å². The minimum absolute atomic E-state index is 0.0000246. The molecule has 0 atom stereocenters. The number of hydrogen-bond donors (Lipinski definition) is 1. The molecule has 0 saturated carbocycles. The van der Waals surface area contributed by atoms with Crippen LogP contribution in [0.4, 0.5) is 5.69 Å². The van der Waals surface area contributed by atoms with Crippen LogP contribution < -0.4 is 5.73 Å². The fourth-order valence-corrected chi connectivity index (χ4v) is 3.96. The number of benzene rings is 1. The molecule has 9 heteroatoms. The van der Waals surface area contributed by atoms with Crippen LogP contribution in [0.2, 0.25) is 5.02 Å². The standard InChI is InChI=1S/C12H16BrClN2O4S/c1-3-20-11(17)4-5-16(2)21(18,19)10-7-8(14)6-9(15)12(10)13/h6-7H,3-5,15H2,1-2H3. The molecule has 1 aromatic rings. The number of esters is 1. The fraction of sp³-hybridized carbons (Fsp3) is 0.417. The Morgan fingerprint density at radius 2 is 2.10 bits per heavy atom. The second kappa shape index (κ2) is 7.44. The molecule has 1 rings (SSSR count). The first-order chi connectivity index (χ1) is 9.70. The van der Waals surface area contributed by atoms with E-state index in [1.54, 1.807) is 6.92 Å². The molecule has 0 aromatic heterocycles. The first-order valence-electron chi connectivity index (χ1n) is 6.06. The predicted octanol–water partition coefficient (Wildman–Crippen LogP) is 2.26. The highest BCUT2D eigenvalue weighted by Gasteiger charge is 2.25. The van der Waals surface area contributed by atoms with Crippen LogP contribution in [0.3, 0.4) is 0 Å². The van der Waals surface area contributed by atoms with Crippen molar-refractivity contribution >= 4 is 49.2 Å². The molecule has 6 nitrogen and oxygen atoms in total. The van der Waals surface area contributed by atoms with Gasteiger partial charge in [0.25, 0.3) is 0 Å². The average Bonchev–Trinajstić information content (AvgIpc) is 2.40. The molecule has 0 amide bonds. The lowest BCUT2D eigenvalue weighted by Crippen LogP contribution is -2.30. The van der Waals surface area contributed by atoms with Crippen LogP contribution >= 0.6 is 27.5 Å². The van der Waals surface area contributed by atoms with Crippen molar-refractivity contribution in [3.8, 4) is 0 Å². The Hall–Kier alpha value is -0.830. The largest absolute Gasteiger partial charge is 0.466 e. The van der Waals surface area contributed by atoms with Crippen molar-refractivity contribution in [1.82, 2.24) is 4.31 Å². The molecule has 0 heterocycles. The topological polar surface area (TPSA) is 89.7 Å². The minimum atomic E-state index is -3.81. The van der Waals surface area contributed by atoms with Gasteiger partial charge in [0.2, 0.25) is 10.0 Å². The van der Waals surface area contributed by atoms with E-state index in [9.17, 15) is 13.2 Å². The summed E-state index contributed by atoms with van der Waals surface area (Å²) in [5.41, 5.74) is 5.91. The number of sulfonamides is 1. The maximum atomic E-state index is 12.5. The Labute approximate surface area is 137 Å². The summed E-state index contributed by atoms with van der Waals surface area (Å²) < 4.78 is 31.0. The van der Waals surface area contributed by atoms with Crippen LogP contribution in [-0.4, -0.2) is 38.9 Å². The molecule has 0 aliphatic heterocycles. The molecule has 0 saturated heterocycles. The maximum absolute atomic E-state index is 12.5. The van der Waals surface area contributed by atoms with Gasteiger partial charge in [-0.05, 0) is 35.0 Å². The van der Waals surface area contributed by atoms with Crippen LogP contribution in [0.5, 0.6) is 0 Å². The van der Waals surface area contributed by atoms with E-state index in [2.05, 4.69) is 15.9 Å². The molecule has 0 fully saturated rings. The molecule has 2 N–H and O–H groups in total. The third-order valence-corrected chi connectivity index (χ3v) is 5.90. The van der Waals surface area contributed by atoms with Crippen LogP contribution in [0.25, 0.3) is 0 Å². The van der Waals surface area contributed by atoms with Crippen LogP contribution in [0, 0.1) is 0 Å². The molecule has 118 valence electrons. The van der Waals surface area contributed by atoms with Crippen molar-refractivity contribution in [3.63, 3.8) is 0 Å². The number of nitrogens with two attached hydrogens (primary N) is 1. The number of ether oxygens (including phenoxy) is 1. The number of anilines is 1. The van der Waals surface area contributed by atoms with Gasteiger partial charge < -0.3 is 10.5 Å². The van der Waals surface area contributed by atoms with Gasteiger partial charge in [-0.3, -0.25) is 4.79 Å². The number of carbonyl (C=O) groups is 1. The summed E-state index contributed by atoms with van der Waals surface area (Å²) in [6.07, 6.45) is -0.0305. The van der Waals surface area contributed by atoms with E-state index < -0.39 is 16.0 Å². The van der Waals surface area contributed by atoms with Crippen molar-refractivity contribution < 1.29 is 17.9 Å². The molecule has 1 aromatic carbocycles.